The third-order valence-corrected chi connectivity index (χ3v) is 4.80. The number of alkyl halides is 6. The van der Waals surface area contributed by atoms with Crippen molar-refractivity contribution in [2.75, 3.05) is 0 Å². The Hall–Kier alpha value is -3.68. The second-order valence-corrected chi connectivity index (χ2v) is 7.25. The van der Waals surface area contributed by atoms with Crippen LogP contribution in [0.3, 0.4) is 0 Å². The number of primary amides is 1. The van der Waals surface area contributed by atoms with Gasteiger partial charge < -0.3 is 15.8 Å². The minimum atomic E-state index is -5.00. The Labute approximate surface area is 183 Å². The zero-order chi connectivity index (χ0) is 24.4. The monoisotopic (exact) mass is 470 g/mol. The molecule has 1 aromatic carbocycles. The van der Waals surface area contributed by atoms with E-state index in [1.165, 1.54) is 6.08 Å². The van der Waals surface area contributed by atoms with Crippen LogP contribution in [-0.2, 0) is 28.5 Å². The van der Waals surface area contributed by atoms with Crippen LogP contribution < -0.4 is 11.1 Å². The minimum absolute atomic E-state index is 0.00174. The van der Waals surface area contributed by atoms with E-state index in [-0.39, 0.29) is 6.07 Å². The van der Waals surface area contributed by atoms with E-state index in [0.717, 1.165) is 11.6 Å². The van der Waals surface area contributed by atoms with Crippen molar-refractivity contribution in [1.29, 1.82) is 0 Å². The first-order chi connectivity index (χ1) is 15.3. The maximum Gasteiger partial charge on any atom is 0.416 e. The number of rotatable bonds is 5. The number of allylic oxidation sites excluding steroid dienone is 3. The summed E-state index contributed by atoms with van der Waals surface area (Å²) in [6, 6.07) is 0.470. The summed E-state index contributed by atoms with van der Waals surface area (Å²) >= 11 is 0. The van der Waals surface area contributed by atoms with Crippen LogP contribution in [0.2, 0.25) is 0 Å². The topological polar surface area (TPSA) is 81.4 Å². The van der Waals surface area contributed by atoms with Gasteiger partial charge in [0.1, 0.15) is 6.61 Å². The lowest BCUT2D eigenvalue weighted by molar-refractivity contribution is -0.143. The quantitative estimate of drug-likeness (QED) is 0.372. The number of carbonyl (C=O) groups excluding carboxylic acids is 2. The van der Waals surface area contributed by atoms with Crippen molar-refractivity contribution in [1.82, 2.24) is 5.32 Å². The average molecular weight is 470 g/mol. The van der Waals surface area contributed by atoms with Gasteiger partial charge in [0.05, 0.1) is 17.2 Å². The molecule has 5 nitrogen and oxygen atoms in total. The molecule has 1 unspecified atom stereocenters. The van der Waals surface area contributed by atoms with Gasteiger partial charge in [-0.1, -0.05) is 11.5 Å². The molecule has 1 saturated carbocycles. The zero-order valence-corrected chi connectivity index (χ0v) is 16.7. The Balaban J connectivity index is 1.70. The number of amides is 2. The highest BCUT2D eigenvalue weighted by atomic mass is 19.4. The van der Waals surface area contributed by atoms with Crippen molar-refractivity contribution in [3.05, 3.63) is 81.3 Å². The van der Waals surface area contributed by atoms with Crippen LogP contribution in [0.25, 0.3) is 0 Å². The van der Waals surface area contributed by atoms with Crippen LogP contribution in [0, 0.1) is 0 Å². The van der Waals surface area contributed by atoms with Gasteiger partial charge in [0.15, 0.2) is 0 Å². The Bertz CT molecular complexity index is 1120. The molecule has 0 aliphatic heterocycles. The zero-order valence-electron chi connectivity index (χ0n) is 16.7. The highest BCUT2D eigenvalue weighted by molar-refractivity contribution is 5.86. The summed E-state index contributed by atoms with van der Waals surface area (Å²) in [6.07, 6.45) is -5.62. The standard InChI is InChI=1S/C22H16F6N2O3/c23-21(24,25)15-8-13(9-16(10-15)22(26,27)28)11-33-20(32)30-18-5-3-14-7-12(1-4-17(14)18)2-6-19(29)31/h2,6-10,18H,3,5,11H2,(H2,29,31)(H,30,32)/b6-2+. The molecule has 33 heavy (non-hydrogen) atoms. The largest absolute Gasteiger partial charge is 0.445 e. The van der Waals surface area contributed by atoms with E-state index in [2.05, 4.69) is 16.8 Å². The molecule has 0 heterocycles. The summed E-state index contributed by atoms with van der Waals surface area (Å²) in [5, 5.41) is 2.52. The van der Waals surface area contributed by atoms with Crippen molar-refractivity contribution >= 4 is 12.0 Å². The van der Waals surface area contributed by atoms with Gasteiger partial charge >= 0.3 is 18.4 Å². The minimum Gasteiger partial charge on any atom is -0.445 e. The number of hydrogen-bond donors (Lipinski definition) is 2. The van der Waals surface area contributed by atoms with Crippen molar-refractivity contribution in [2.24, 2.45) is 5.73 Å². The van der Waals surface area contributed by atoms with Crippen LogP contribution in [0.15, 0.2) is 64.6 Å². The lowest BCUT2D eigenvalue weighted by Gasteiger charge is -2.16. The van der Waals surface area contributed by atoms with E-state index >= 15 is 0 Å². The van der Waals surface area contributed by atoms with E-state index in [9.17, 15) is 35.9 Å². The fraction of sp³-hybridized carbons (Fsp3) is 0.273. The highest BCUT2D eigenvalue weighted by Gasteiger charge is 2.37. The van der Waals surface area contributed by atoms with E-state index in [1.807, 2.05) is 0 Å². The van der Waals surface area contributed by atoms with E-state index < -0.39 is 53.7 Å². The summed E-state index contributed by atoms with van der Waals surface area (Å²) in [7, 11) is 0. The molecule has 2 aliphatic rings. The number of benzene rings is 1. The molecular formula is C22H16F6N2O3. The van der Waals surface area contributed by atoms with Gasteiger partial charge in [-0.2, -0.15) is 26.3 Å². The molecule has 2 amide bonds. The van der Waals surface area contributed by atoms with Crippen LogP contribution in [-0.4, -0.2) is 18.0 Å². The number of alkyl carbamates (subject to hydrolysis) is 1. The van der Waals surface area contributed by atoms with Gasteiger partial charge in [0, 0.05) is 17.2 Å². The summed E-state index contributed by atoms with van der Waals surface area (Å²) in [4.78, 5) is 22.9. The number of hydrogen-bond acceptors (Lipinski definition) is 3. The SMILES string of the molecule is NC(=O)/C=C/C1=C=C=C2C(=C1)CCC2NC(=O)OCc1cc(C(F)(F)F)cc(C(F)(F)F)c1. The Morgan fingerprint density at radius 1 is 1.09 bits per heavy atom. The van der Waals surface area contributed by atoms with E-state index in [4.69, 9.17) is 10.5 Å². The first kappa shape index (κ1) is 24.0. The van der Waals surface area contributed by atoms with Crippen molar-refractivity contribution in [3.8, 4) is 0 Å². The third kappa shape index (κ3) is 6.19. The van der Waals surface area contributed by atoms with Crippen LogP contribution in [0.5, 0.6) is 0 Å². The maximum absolute atomic E-state index is 12.9. The predicted molar refractivity (Wildman–Crippen MR) is 103 cm³/mol. The molecule has 3 rings (SSSR count). The molecular weight excluding hydrogens is 454 g/mol. The number of halogens is 6. The normalized spacial score (nSPS) is 17.9. The molecule has 1 fully saturated rings. The molecule has 0 aromatic heterocycles. The Morgan fingerprint density at radius 2 is 1.73 bits per heavy atom. The molecule has 2 aliphatic carbocycles. The predicted octanol–water partition coefficient (Wildman–Crippen LogP) is 4.70. The van der Waals surface area contributed by atoms with Crippen molar-refractivity contribution in [3.63, 3.8) is 0 Å². The van der Waals surface area contributed by atoms with Gasteiger partial charge in [-0.25, -0.2) is 4.79 Å². The summed E-state index contributed by atoms with van der Waals surface area (Å²) in [5.74, 6) is -0.630. The van der Waals surface area contributed by atoms with Crippen molar-refractivity contribution < 1.29 is 40.7 Å². The van der Waals surface area contributed by atoms with Crippen LogP contribution in [0.1, 0.15) is 29.5 Å². The molecule has 0 radical (unpaired) electrons. The Kier molecular flexibility index (Phi) is 6.58. The highest BCUT2D eigenvalue weighted by Crippen LogP contribution is 2.36. The lowest BCUT2D eigenvalue weighted by atomic mass is 10.0. The van der Waals surface area contributed by atoms with Crippen molar-refractivity contribution in [2.45, 2.75) is 37.8 Å². The molecule has 11 heteroatoms. The van der Waals surface area contributed by atoms with Gasteiger partial charge in [0.25, 0.3) is 0 Å². The Morgan fingerprint density at radius 3 is 2.30 bits per heavy atom. The van der Waals surface area contributed by atoms with Gasteiger partial charge in [-0.3, -0.25) is 4.79 Å². The summed E-state index contributed by atoms with van der Waals surface area (Å²) in [5.41, 5.74) is 9.27. The van der Waals surface area contributed by atoms with Gasteiger partial charge in [-0.05, 0) is 54.3 Å². The second kappa shape index (κ2) is 9.05. The number of nitrogens with two attached hydrogens (primary N) is 1. The summed E-state index contributed by atoms with van der Waals surface area (Å²) in [6.45, 7) is -0.787. The maximum atomic E-state index is 12.9. The lowest BCUT2D eigenvalue weighted by Crippen LogP contribution is -2.34. The first-order valence-corrected chi connectivity index (χ1v) is 9.49. The van der Waals surface area contributed by atoms with Crippen LogP contribution >= 0.6 is 0 Å². The smallest absolute Gasteiger partial charge is 0.416 e. The molecule has 0 bridgehead atoms. The molecule has 174 valence electrons. The number of ether oxygens (including phenoxy) is 1. The van der Waals surface area contributed by atoms with Crippen LogP contribution in [0.4, 0.5) is 31.1 Å². The molecule has 1 aromatic rings. The van der Waals surface area contributed by atoms with E-state index in [0.29, 0.717) is 36.1 Å². The molecule has 0 spiro atoms. The first-order valence-electron chi connectivity index (χ1n) is 9.49. The third-order valence-electron chi connectivity index (χ3n) is 4.80. The molecule has 0 saturated heterocycles. The average Bonchev–Trinajstić information content (AvgIpc) is 3.11. The summed E-state index contributed by atoms with van der Waals surface area (Å²) < 4.78 is 82.5. The van der Waals surface area contributed by atoms with Gasteiger partial charge in [-0.15, -0.1) is 0 Å². The molecule has 3 N–H and O–H groups in total. The number of fused-ring (bicyclic) bond motifs is 1. The van der Waals surface area contributed by atoms with E-state index in [1.54, 1.807) is 6.08 Å². The fourth-order valence-electron chi connectivity index (χ4n) is 3.32. The number of nitrogens with one attached hydrogen (secondary N) is 1. The fourth-order valence-corrected chi connectivity index (χ4v) is 3.32. The molecule has 1 atom stereocenters. The second-order valence-electron chi connectivity index (χ2n) is 7.25. The van der Waals surface area contributed by atoms with Gasteiger partial charge in [0.2, 0.25) is 5.91 Å². The number of carbonyl (C=O) groups is 2.